The quantitative estimate of drug-likeness (QED) is 0.153. The van der Waals surface area contributed by atoms with Crippen LogP contribution in [-0.2, 0) is 37.9 Å². The minimum absolute atomic E-state index is 0.0342. The van der Waals surface area contributed by atoms with Gasteiger partial charge in [-0.05, 0) is 180 Å². The Morgan fingerprint density at radius 2 is 1.01 bits per heavy atom. The van der Waals surface area contributed by atoms with Crippen LogP contribution in [0.15, 0.2) is 89.3 Å². The zero-order valence-corrected chi connectivity index (χ0v) is 43.7. The lowest BCUT2D eigenvalue weighted by Gasteiger charge is -2.47. The molecule has 0 amide bonds. The first-order valence-electron chi connectivity index (χ1n) is 26.1. The molecule has 0 unspecified atom stereocenters. The van der Waals surface area contributed by atoms with Gasteiger partial charge < -0.3 is 13.8 Å². The molecule has 4 heteroatoms. The Labute approximate surface area is 405 Å². The van der Waals surface area contributed by atoms with E-state index in [1.807, 2.05) is 0 Å². The highest BCUT2D eigenvalue weighted by Crippen LogP contribution is 2.57. The molecule has 6 aromatic carbocycles. The van der Waals surface area contributed by atoms with Crippen molar-refractivity contribution in [2.24, 2.45) is 0 Å². The molecule has 2 aliphatic heterocycles. The molecule has 0 spiro atoms. The first kappa shape index (κ1) is 42.9. The van der Waals surface area contributed by atoms with E-state index in [0.717, 1.165) is 11.2 Å². The van der Waals surface area contributed by atoms with Gasteiger partial charge in [0.2, 0.25) is 0 Å². The van der Waals surface area contributed by atoms with Crippen LogP contribution in [0.5, 0.6) is 0 Å². The van der Waals surface area contributed by atoms with E-state index >= 15 is 0 Å². The highest BCUT2D eigenvalue weighted by Gasteiger charge is 2.50. The zero-order valence-electron chi connectivity index (χ0n) is 43.7. The van der Waals surface area contributed by atoms with Crippen LogP contribution >= 0.6 is 0 Å². The molecule has 0 bridgehead atoms. The second-order valence-electron chi connectivity index (χ2n) is 27.3. The largest absolute Gasteiger partial charge is 0.455 e. The first-order chi connectivity index (χ1) is 31.8. The molecule has 0 saturated heterocycles. The van der Waals surface area contributed by atoms with E-state index in [1.165, 1.54) is 149 Å². The van der Waals surface area contributed by atoms with E-state index in [4.69, 9.17) is 4.42 Å². The average molecular weight is 895 g/mol. The SMILES string of the molecule is CC(C)(C)c1ccc(N2B3c4cc5c(cc4-n4c6cc7c(cc6c6c8oc9ccccc9c8c(c3c64)-c3cc4c(cc32)C(C)(C)CCC4(C)C)C(C)(C)CCC7(C)C)C(C)(C)CCC5(C)C)cc1. The van der Waals surface area contributed by atoms with Crippen molar-refractivity contribution in [3.8, 4) is 16.8 Å². The summed E-state index contributed by atoms with van der Waals surface area (Å²) in [6.07, 6.45) is 7.02. The summed E-state index contributed by atoms with van der Waals surface area (Å²) >= 11 is 0. The third kappa shape index (κ3) is 5.50. The number of hydrogen-bond donors (Lipinski definition) is 0. The number of benzene rings is 6. The van der Waals surface area contributed by atoms with Crippen molar-refractivity contribution in [3.05, 3.63) is 124 Å². The minimum Gasteiger partial charge on any atom is -0.455 e. The van der Waals surface area contributed by atoms with Crippen molar-refractivity contribution in [1.29, 1.82) is 0 Å². The normalized spacial score (nSPS) is 20.9. The number of furan rings is 1. The van der Waals surface area contributed by atoms with Gasteiger partial charge in [0.25, 0.3) is 0 Å². The van der Waals surface area contributed by atoms with Crippen molar-refractivity contribution in [2.45, 2.75) is 180 Å². The fourth-order valence-electron chi connectivity index (χ4n) is 14.4. The Hall–Kier alpha value is -5.22. The van der Waals surface area contributed by atoms with Gasteiger partial charge in [0.05, 0.1) is 16.4 Å². The third-order valence-corrected chi connectivity index (χ3v) is 19.1. The molecule has 3 nitrogen and oxygen atoms in total. The molecular weight excluding hydrogens is 824 g/mol. The van der Waals surface area contributed by atoms with Gasteiger partial charge in [-0.15, -0.1) is 0 Å². The summed E-state index contributed by atoms with van der Waals surface area (Å²) in [5.41, 5.74) is 24.7. The Morgan fingerprint density at radius 3 is 1.59 bits per heavy atom. The summed E-state index contributed by atoms with van der Waals surface area (Å²) in [5.74, 6) is 0. The Kier molecular flexibility index (Phi) is 8.16. The molecule has 0 fully saturated rings. The van der Waals surface area contributed by atoms with Crippen LogP contribution in [0.4, 0.5) is 11.4 Å². The molecule has 13 rings (SSSR count). The molecule has 8 aromatic rings. The van der Waals surface area contributed by atoms with Gasteiger partial charge in [0.15, 0.2) is 0 Å². The van der Waals surface area contributed by atoms with Crippen LogP contribution in [0.1, 0.15) is 181 Å². The standard InChI is InChI=1S/C64H71BN2O/c1-58(2,3)36-20-22-37(23-21-36)67-49-34-45-42(60(6,7)25-28-63(45,12)13)31-40(49)52-53-38-18-16-17-19-51(38)68-57(53)54-39-30-41-44(62(10,11)27-24-59(41,4)5)33-48(39)66-50-35-46-43(61(8,9)26-29-64(46,14)15)32-47(50)65(67)55(52)56(54)66/h16-23,30-35H,24-29H2,1-15H3. The fourth-order valence-corrected chi connectivity index (χ4v) is 14.4. The molecule has 0 radical (unpaired) electrons. The molecule has 0 atom stereocenters. The van der Waals surface area contributed by atoms with Gasteiger partial charge >= 0.3 is 6.85 Å². The van der Waals surface area contributed by atoms with Crippen LogP contribution < -0.4 is 15.7 Å². The number of fused-ring (bicyclic) bond motifs is 16. The van der Waals surface area contributed by atoms with E-state index in [1.54, 1.807) is 0 Å². The fraction of sp³-hybridized carbons (Fsp3) is 0.438. The van der Waals surface area contributed by atoms with E-state index < -0.39 is 0 Å². The van der Waals surface area contributed by atoms with E-state index in [2.05, 4.69) is 198 Å². The molecule has 68 heavy (non-hydrogen) atoms. The predicted octanol–water partition coefficient (Wildman–Crippen LogP) is 16.3. The van der Waals surface area contributed by atoms with Gasteiger partial charge in [-0.3, -0.25) is 0 Å². The van der Waals surface area contributed by atoms with Crippen LogP contribution in [-0.4, -0.2) is 11.4 Å². The average Bonchev–Trinajstić information content (AvgIpc) is 3.83. The van der Waals surface area contributed by atoms with Gasteiger partial charge in [-0.1, -0.05) is 140 Å². The number of hydrogen-bond acceptors (Lipinski definition) is 2. The highest BCUT2D eigenvalue weighted by molar-refractivity contribution is 6.94. The number of para-hydroxylation sites is 1. The monoisotopic (exact) mass is 895 g/mol. The van der Waals surface area contributed by atoms with Gasteiger partial charge in [-0.2, -0.15) is 0 Å². The Morgan fingerprint density at radius 1 is 0.515 bits per heavy atom. The summed E-state index contributed by atoms with van der Waals surface area (Å²) in [7, 11) is 0. The Balaban J connectivity index is 1.30. The third-order valence-electron chi connectivity index (χ3n) is 19.1. The predicted molar refractivity (Wildman–Crippen MR) is 292 cm³/mol. The van der Waals surface area contributed by atoms with Crippen molar-refractivity contribution >= 4 is 72.9 Å². The van der Waals surface area contributed by atoms with E-state index in [0.29, 0.717) is 0 Å². The maximum atomic E-state index is 7.42. The summed E-state index contributed by atoms with van der Waals surface area (Å²) in [6, 6.07) is 34.6. The minimum atomic E-state index is -0.0863. The first-order valence-corrected chi connectivity index (χ1v) is 26.1. The summed E-state index contributed by atoms with van der Waals surface area (Å²) in [4.78, 5) is 2.81. The smallest absolute Gasteiger partial charge is 0.333 e. The Bertz CT molecular complexity index is 3560. The molecule has 346 valence electrons. The van der Waals surface area contributed by atoms with Gasteiger partial charge in [0.1, 0.15) is 11.2 Å². The summed E-state index contributed by atoms with van der Waals surface area (Å²) < 4.78 is 10.2. The highest BCUT2D eigenvalue weighted by atomic mass is 16.3. The van der Waals surface area contributed by atoms with Crippen molar-refractivity contribution in [3.63, 3.8) is 0 Å². The van der Waals surface area contributed by atoms with Crippen LogP contribution in [0.25, 0.3) is 60.6 Å². The molecule has 2 aromatic heterocycles. The molecule has 0 saturated carbocycles. The molecule has 4 heterocycles. The lowest BCUT2D eigenvalue weighted by Crippen LogP contribution is -2.61. The number of anilines is 2. The van der Waals surface area contributed by atoms with E-state index in [9.17, 15) is 0 Å². The second kappa shape index (κ2) is 12.9. The van der Waals surface area contributed by atoms with Crippen LogP contribution in [0, 0.1) is 0 Å². The van der Waals surface area contributed by atoms with Gasteiger partial charge in [-0.25, -0.2) is 0 Å². The molecule has 5 aliphatic rings. The lowest BCUT2D eigenvalue weighted by atomic mass is 9.42. The van der Waals surface area contributed by atoms with Crippen molar-refractivity contribution < 1.29 is 4.42 Å². The van der Waals surface area contributed by atoms with Crippen molar-refractivity contribution in [1.82, 2.24) is 4.57 Å². The second-order valence-corrected chi connectivity index (χ2v) is 27.3. The molecular formula is C64H71BN2O. The summed E-state index contributed by atoms with van der Waals surface area (Å²) in [6.45, 7) is 36.8. The zero-order chi connectivity index (χ0) is 47.8. The van der Waals surface area contributed by atoms with E-state index in [-0.39, 0.29) is 44.8 Å². The number of nitrogens with zero attached hydrogens (tertiary/aromatic N) is 2. The topological polar surface area (TPSA) is 21.3 Å². The molecule has 0 N–H and O–H groups in total. The lowest BCUT2D eigenvalue weighted by molar-refractivity contribution is 0.332. The maximum absolute atomic E-state index is 7.42. The number of rotatable bonds is 1. The van der Waals surface area contributed by atoms with Crippen molar-refractivity contribution in [2.75, 3.05) is 4.81 Å². The van der Waals surface area contributed by atoms with Gasteiger partial charge in [0, 0.05) is 38.8 Å². The molecule has 3 aliphatic carbocycles. The maximum Gasteiger partial charge on any atom is 0.333 e. The van der Waals surface area contributed by atoms with Crippen LogP contribution in [0.3, 0.4) is 0 Å². The number of aromatic nitrogens is 1. The van der Waals surface area contributed by atoms with Crippen LogP contribution in [0.2, 0.25) is 0 Å². The summed E-state index contributed by atoms with van der Waals surface area (Å²) in [5, 5.41) is 5.07.